The average molecular weight is 620 g/mol. The number of benzene rings is 2. The maximum absolute atomic E-state index is 14.3. The normalized spacial score (nSPS) is 12.3. The molecule has 1 aromatic heterocycles. The van der Waals surface area contributed by atoms with E-state index in [-0.39, 0.29) is 31.0 Å². The zero-order valence-corrected chi connectivity index (χ0v) is 25.3. The number of hydrogen-bond donors (Lipinski definition) is 1. The van der Waals surface area contributed by atoms with Crippen molar-refractivity contribution in [3.8, 4) is 16.9 Å². The summed E-state index contributed by atoms with van der Waals surface area (Å²) in [6, 6.07) is 12.1. The fourth-order valence-electron chi connectivity index (χ4n) is 4.24. The third-order valence-electron chi connectivity index (χ3n) is 6.12. The van der Waals surface area contributed by atoms with Crippen LogP contribution in [0.2, 0.25) is 0 Å². The monoisotopic (exact) mass is 619 g/mol. The van der Waals surface area contributed by atoms with E-state index in [0.717, 1.165) is 6.26 Å². The lowest BCUT2D eigenvalue weighted by Gasteiger charge is -2.23. The molecule has 1 atom stereocenters. The zero-order chi connectivity index (χ0) is 31.9. The highest BCUT2D eigenvalue weighted by Gasteiger charge is 2.31. The quantitative estimate of drug-likeness (QED) is 0.126. The van der Waals surface area contributed by atoms with Crippen LogP contribution in [0.15, 0.2) is 59.5 Å². The summed E-state index contributed by atoms with van der Waals surface area (Å²) >= 11 is 0. The van der Waals surface area contributed by atoms with Crippen LogP contribution in [0.4, 0.5) is 9.18 Å². The molecule has 0 aliphatic rings. The summed E-state index contributed by atoms with van der Waals surface area (Å²) in [6.07, 6.45) is 0.722. The summed E-state index contributed by atoms with van der Waals surface area (Å²) in [4.78, 5) is 40.9. The molecule has 0 aliphatic heterocycles. The number of ether oxygens (including phenoxy) is 2. The summed E-state index contributed by atoms with van der Waals surface area (Å²) in [7, 11) is -3.47. The standard InChI is InChI=1S/C29H34FN3O9S/c1-19-24(26(31-28(35)42-29(2,3)4)27(34)40-15-6-7-16-41-33(36)37)18-25(32(19)22-10-8-9-21(30)17-22)20-11-13-23(14-12-20)43(5,38)39/h8-14,17-18,26H,6-7,15-16H2,1-5H3,(H,31,35). The minimum atomic E-state index is -3.47. The molecule has 1 heterocycles. The number of nitrogens with zero attached hydrogens (tertiary/aromatic N) is 2. The van der Waals surface area contributed by atoms with Crippen LogP contribution in [0.5, 0.6) is 0 Å². The van der Waals surface area contributed by atoms with Gasteiger partial charge in [-0.2, -0.15) is 0 Å². The van der Waals surface area contributed by atoms with Crippen molar-refractivity contribution in [2.45, 2.75) is 57.1 Å². The molecule has 0 radical (unpaired) electrons. The summed E-state index contributed by atoms with van der Waals surface area (Å²) in [6.45, 7) is 6.40. The highest BCUT2D eigenvalue weighted by atomic mass is 32.2. The van der Waals surface area contributed by atoms with Crippen molar-refractivity contribution >= 4 is 21.9 Å². The van der Waals surface area contributed by atoms with E-state index in [9.17, 15) is 32.5 Å². The first kappa shape index (κ1) is 33.0. The van der Waals surface area contributed by atoms with E-state index < -0.39 is 44.4 Å². The Morgan fingerprint density at radius 1 is 1.07 bits per heavy atom. The fraction of sp³-hybridized carbons (Fsp3) is 0.379. The molecule has 0 aliphatic carbocycles. The van der Waals surface area contributed by atoms with Crippen molar-refractivity contribution in [1.82, 2.24) is 9.88 Å². The maximum Gasteiger partial charge on any atom is 0.408 e. The van der Waals surface area contributed by atoms with E-state index in [0.29, 0.717) is 28.2 Å². The van der Waals surface area contributed by atoms with Gasteiger partial charge in [-0.1, -0.05) is 18.2 Å². The van der Waals surface area contributed by atoms with Crippen LogP contribution in [0.3, 0.4) is 0 Å². The van der Waals surface area contributed by atoms with E-state index in [1.165, 1.54) is 30.3 Å². The molecule has 1 amide bonds. The fourth-order valence-corrected chi connectivity index (χ4v) is 4.87. The molecule has 12 nitrogen and oxygen atoms in total. The van der Waals surface area contributed by atoms with Gasteiger partial charge in [-0.15, -0.1) is 10.1 Å². The van der Waals surface area contributed by atoms with Gasteiger partial charge in [-0.3, -0.25) is 0 Å². The molecule has 43 heavy (non-hydrogen) atoms. The first-order valence-electron chi connectivity index (χ1n) is 13.3. The average Bonchev–Trinajstić information content (AvgIpc) is 3.24. The third kappa shape index (κ3) is 9.26. The Labute approximate surface area is 248 Å². The highest BCUT2D eigenvalue weighted by Crippen LogP contribution is 2.34. The molecule has 3 aromatic rings. The highest BCUT2D eigenvalue weighted by molar-refractivity contribution is 7.90. The van der Waals surface area contributed by atoms with Gasteiger partial charge in [0.1, 0.15) is 11.4 Å². The number of halogens is 1. The second kappa shape index (κ2) is 13.7. The minimum absolute atomic E-state index is 0.101. The molecule has 232 valence electrons. The number of unbranched alkanes of at least 4 members (excludes halogenated alkanes) is 1. The molecular weight excluding hydrogens is 585 g/mol. The second-order valence-electron chi connectivity index (χ2n) is 10.7. The van der Waals surface area contributed by atoms with E-state index >= 15 is 0 Å². The van der Waals surface area contributed by atoms with Gasteiger partial charge >= 0.3 is 12.1 Å². The summed E-state index contributed by atoms with van der Waals surface area (Å²) in [5.41, 5.74) is 1.37. The lowest BCUT2D eigenvalue weighted by atomic mass is 10.1. The Morgan fingerprint density at radius 2 is 1.72 bits per heavy atom. The second-order valence-corrected chi connectivity index (χ2v) is 12.7. The van der Waals surface area contributed by atoms with Crippen LogP contribution in [0.25, 0.3) is 16.9 Å². The SMILES string of the molecule is Cc1c(C(NC(=O)OC(C)(C)C)C(=O)OCCCCO[N+](=O)[O-])cc(-c2ccc(S(C)(=O)=O)cc2)n1-c1cccc(F)c1. The summed E-state index contributed by atoms with van der Waals surface area (Å²) in [5.74, 6) is -1.33. The predicted molar refractivity (Wildman–Crippen MR) is 154 cm³/mol. The van der Waals surface area contributed by atoms with Gasteiger partial charge in [-0.05, 0) is 82.5 Å². The van der Waals surface area contributed by atoms with E-state index in [2.05, 4.69) is 10.2 Å². The Balaban J connectivity index is 2.06. The molecule has 14 heteroatoms. The summed E-state index contributed by atoms with van der Waals surface area (Å²) < 4.78 is 50.8. The smallest absolute Gasteiger partial charge is 0.408 e. The number of amides is 1. The number of carbonyl (C=O) groups is 2. The molecule has 3 rings (SSSR count). The molecule has 1 unspecified atom stereocenters. The van der Waals surface area contributed by atoms with Crippen molar-refractivity contribution < 1.29 is 41.8 Å². The van der Waals surface area contributed by atoms with Crippen LogP contribution in [0, 0.1) is 22.9 Å². The van der Waals surface area contributed by atoms with Gasteiger partial charge in [0.2, 0.25) is 0 Å². The molecule has 0 fully saturated rings. The third-order valence-corrected chi connectivity index (χ3v) is 7.25. The van der Waals surface area contributed by atoms with Crippen LogP contribution >= 0.6 is 0 Å². The number of aromatic nitrogens is 1. The van der Waals surface area contributed by atoms with Gasteiger partial charge in [0.15, 0.2) is 15.9 Å². The van der Waals surface area contributed by atoms with Crippen LogP contribution in [-0.4, -0.2) is 55.2 Å². The maximum atomic E-state index is 14.3. The van der Waals surface area contributed by atoms with E-state index in [1.807, 2.05) is 0 Å². The van der Waals surface area contributed by atoms with Crippen LogP contribution in [0.1, 0.15) is 50.9 Å². The van der Waals surface area contributed by atoms with E-state index in [4.69, 9.17) is 9.47 Å². The Kier molecular flexibility index (Phi) is 10.5. The molecule has 1 N–H and O–H groups in total. The molecule has 0 spiro atoms. The topological polar surface area (TPSA) is 156 Å². The Hall–Kier alpha value is -4.46. The molecular formula is C29H34FN3O9S. The molecule has 0 saturated heterocycles. The minimum Gasteiger partial charge on any atom is -0.464 e. The number of esters is 1. The summed E-state index contributed by atoms with van der Waals surface area (Å²) in [5, 5.41) is 12.0. The van der Waals surface area contributed by atoms with Crippen molar-refractivity contribution in [2.24, 2.45) is 0 Å². The van der Waals surface area contributed by atoms with Crippen molar-refractivity contribution in [1.29, 1.82) is 0 Å². The van der Waals surface area contributed by atoms with Gasteiger partial charge < -0.3 is 24.2 Å². The number of alkyl carbamates (subject to hydrolysis) is 1. The Bertz CT molecular complexity index is 1580. The lowest BCUT2D eigenvalue weighted by Crippen LogP contribution is -2.39. The number of carbonyl (C=O) groups excluding carboxylic acids is 2. The van der Waals surface area contributed by atoms with Crippen LogP contribution < -0.4 is 5.32 Å². The number of nitrogens with one attached hydrogen (secondary N) is 1. The number of sulfone groups is 1. The predicted octanol–water partition coefficient (Wildman–Crippen LogP) is 5.09. The first-order chi connectivity index (χ1) is 20.1. The van der Waals surface area contributed by atoms with Crippen molar-refractivity contribution in [2.75, 3.05) is 19.5 Å². The van der Waals surface area contributed by atoms with Gasteiger partial charge in [0.25, 0.3) is 5.09 Å². The van der Waals surface area contributed by atoms with Gasteiger partial charge in [0, 0.05) is 23.2 Å². The number of rotatable bonds is 12. The molecule has 0 saturated carbocycles. The number of hydrogen-bond acceptors (Lipinski definition) is 9. The first-order valence-corrected chi connectivity index (χ1v) is 15.2. The van der Waals surface area contributed by atoms with Gasteiger partial charge in [0.05, 0.1) is 23.8 Å². The van der Waals surface area contributed by atoms with Crippen LogP contribution in [-0.2, 0) is 28.9 Å². The molecule has 0 bridgehead atoms. The van der Waals surface area contributed by atoms with Crippen molar-refractivity contribution in [3.05, 3.63) is 81.8 Å². The largest absolute Gasteiger partial charge is 0.464 e. The lowest BCUT2D eigenvalue weighted by molar-refractivity contribution is -0.757. The van der Waals surface area contributed by atoms with Gasteiger partial charge in [-0.25, -0.2) is 22.4 Å². The zero-order valence-electron chi connectivity index (χ0n) is 24.5. The Morgan fingerprint density at radius 3 is 2.30 bits per heavy atom. The molecule has 2 aromatic carbocycles. The van der Waals surface area contributed by atoms with E-state index in [1.54, 1.807) is 56.5 Å². The van der Waals surface area contributed by atoms with Crippen molar-refractivity contribution in [3.63, 3.8) is 0 Å².